The molecule has 0 aliphatic heterocycles. The molecular weight excluding hydrogens is 162 g/mol. The molecule has 10 heavy (non-hydrogen) atoms. The first-order chi connectivity index (χ1) is 4.06. The van der Waals surface area contributed by atoms with Crippen molar-refractivity contribution >= 4 is 0 Å². The van der Waals surface area contributed by atoms with E-state index in [2.05, 4.69) is 4.29 Å². The third-order valence-electron chi connectivity index (χ3n) is 0.709. The van der Waals surface area contributed by atoms with Gasteiger partial charge in [0.05, 0.1) is 14.5 Å². The van der Waals surface area contributed by atoms with E-state index < -0.39 is 10.2 Å². The molecule has 5 nitrogen and oxygen atoms in total. The molecule has 0 aromatic heterocycles. The van der Waals surface area contributed by atoms with E-state index >= 15 is 0 Å². The highest BCUT2D eigenvalue weighted by atomic mass is 35.7. The lowest BCUT2D eigenvalue weighted by molar-refractivity contribution is -1.92. The number of hydrogen-bond acceptors (Lipinski definition) is 5. The minimum absolute atomic E-state index is 0. The van der Waals surface area contributed by atoms with Gasteiger partial charge < -0.3 is 6.15 Å². The van der Waals surface area contributed by atoms with E-state index in [1.165, 1.54) is 0 Å². The van der Waals surface area contributed by atoms with Crippen molar-refractivity contribution in [1.82, 2.24) is 6.15 Å². The molecule has 0 fully saturated rings. The number of hydrogen-bond donors (Lipinski definition) is 1. The highest BCUT2D eigenvalue weighted by Crippen LogP contribution is 1.92. The van der Waals surface area contributed by atoms with Crippen LogP contribution in [0.15, 0.2) is 0 Å². The van der Waals surface area contributed by atoms with Crippen molar-refractivity contribution in [1.29, 1.82) is 0 Å². The van der Waals surface area contributed by atoms with Crippen LogP contribution in [0.3, 0.4) is 0 Å². The molecule has 0 spiro atoms. The summed E-state index contributed by atoms with van der Waals surface area (Å²) in [6, 6.07) is 0. The molecule has 0 aliphatic carbocycles. The molecule has 0 aromatic rings. The van der Waals surface area contributed by atoms with E-state index in [4.69, 9.17) is 0 Å². The smallest absolute Gasteiger partial charge is 0.203 e. The Bertz CT molecular complexity index is 74.1. The Morgan fingerprint density at radius 2 is 1.80 bits per heavy atom. The van der Waals surface area contributed by atoms with Gasteiger partial charge in [-0.3, -0.25) is 0 Å². The van der Waals surface area contributed by atoms with Gasteiger partial charge in [-0.15, -0.1) is 0 Å². The van der Waals surface area contributed by atoms with Crippen LogP contribution in [0.25, 0.3) is 0 Å². The maximum absolute atomic E-state index is 9.70. The van der Waals surface area contributed by atoms with Crippen LogP contribution >= 0.6 is 0 Å². The zero-order valence-corrected chi connectivity index (χ0v) is 6.60. The fraction of sp³-hybridized carbons (Fsp3) is 1.00. The third-order valence-corrected chi connectivity index (χ3v) is 1.13. The third kappa shape index (κ3) is 11.0. The summed E-state index contributed by atoms with van der Waals surface area (Å²) in [6.45, 7) is 1.86. The monoisotopic (exact) mass is 173 g/mol. The second-order valence-corrected chi connectivity index (χ2v) is 2.52. The summed E-state index contributed by atoms with van der Waals surface area (Å²) in [5.41, 5.74) is 0. The quantitative estimate of drug-likeness (QED) is 0.488. The average Bonchev–Trinajstić information content (AvgIpc) is 1.63. The van der Waals surface area contributed by atoms with Crippen molar-refractivity contribution in [2.45, 2.75) is 19.8 Å². The van der Waals surface area contributed by atoms with Crippen molar-refractivity contribution in [3.8, 4) is 0 Å². The Hall–Kier alpha value is 0.0900. The molecule has 6 heteroatoms. The van der Waals surface area contributed by atoms with Crippen LogP contribution in [0.4, 0.5) is 0 Å². The molecule has 64 valence electrons. The van der Waals surface area contributed by atoms with Crippen LogP contribution in [-0.2, 0) is 4.29 Å². The van der Waals surface area contributed by atoms with E-state index in [9.17, 15) is 14.0 Å². The first-order valence-electron chi connectivity index (χ1n) is 2.61. The molecule has 3 N–H and O–H groups in total. The molecule has 0 radical (unpaired) electrons. The molecule has 0 amide bonds. The first kappa shape index (κ1) is 12.7. The molecule has 0 aliphatic rings. The SMILES string of the molecule is CCCCO[Cl+3]([O-])([O-])[O-].N. The Labute approximate surface area is 61.9 Å². The summed E-state index contributed by atoms with van der Waals surface area (Å²) in [6.07, 6.45) is 1.40. The van der Waals surface area contributed by atoms with Crippen molar-refractivity contribution < 1.29 is 28.5 Å². The van der Waals surface area contributed by atoms with E-state index in [1.54, 1.807) is 0 Å². The molecule has 0 unspecified atom stereocenters. The molecule has 0 saturated carbocycles. The second-order valence-electron chi connectivity index (χ2n) is 1.54. The normalized spacial score (nSPS) is 10.8. The van der Waals surface area contributed by atoms with Gasteiger partial charge in [-0.25, -0.2) is 0 Å². The van der Waals surface area contributed by atoms with Gasteiger partial charge in [0.25, 0.3) is 0 Å². The lowest BCUT2D eigenvalue weighted by Gasteiger charge is -2.11. The fourth-order valence-corrected chi connectivity index (χ4v) is 0.591. The Kier molecular flexibility index (Phi) is 7.44. The standard InChI is InChI=1S/C4H9ClO4.H3N/c1-2-3-4-9-5(6,7)8;/h2-4H2,1H3;1H3. The fourth-order valence-electron chi connectivity index (χ4n) is 0.293. The van der Waals surface area contributed by atoms with Crippen LogP contribution in [0.5, 0.6) is 0 Å². The molecule has 0 bridgehead atoms. The van der Waals surface area contributed by atoms with Gasteiger partial charge in [0.2, 0.25) is 6.61 Å². The Morgan fingerprint density at radius 3 is 2.10 bits per heavy atom. The highest BCUT2D eigenvalue weighted by Gasteiger charge is 2.14. The van der Waals surface area contributed by atoms with Gasteiger partial charge in [-0.05, 0) is 6.42 Å². The summed E-state index contributed by atoms with van der Waals surface area (Å²) < 4.78 is 33.0. The van der Waals surface area contributed by atoms with E-state index in [1.807, 2.05) is 6.92 Å². The van der Waals surface area contributed by atoms with E-state index in [-0.39, 0.29) is 12.8 Å². The molecule has 0 atom stereocenters. The minimum Gasteiger partial charge on any atom is -0.344 e. The average molecular weight is 174 g/mol. The van der Waals surface area contributed by atoms with Crippen LogP contribution in [0, 0.1) is 10.2 Å². The van der Waals surface area contributed by atoms with Gasteiger partial charge in [-0.1, -0.05) is 13.3 Å². The van der Waals surface area contributed by atoms with Crippen LogP contribution in [0.1, 0.15) is 19.8 Å². The molecule has 0 heterocycles. The van der Waals surface area contributed by atoms with Gasteiger partial charge in [-0.2, -0.15) is 14.0 Å². The minimum atomic E-state index is -4.20. The number of rotatable bonds is 4. The highest BCUT2D eigenvalue weighted by molar-refractivity contribution is 4.24. The van der Waals surface area contributed by atoms with Crippen molar-refractivity contribution in [3.63, 3.8) is 0 Å². The zero-order valence-electron chi connectivity index (χ0n) is 5.84. The van der Waals surface area contributed by atoms with E-state index in [0.29, 0.717) is 6.42 Å². The molecule has 0 rings (SSSR count). The number of halogens is 1. The maximum atomic E-state index is 9.70. The molecular formula is C4H12ClNO4. The van der Waals surface area contributed by atoms with Crippen molar-refractivity contribution in [2.24, 2.45) is 0 Å². The molecule has 0 aromatic carbocycles. The largest absolute Gasteiger partial charge is 0.344 e. The lowest BCUT2D eigenvalue weighted by Crippen LogP contribution is -2.61. The van der Waals surface area contributed by atoms with Gasteiger partial charge in [0.15, 0.2) is 0 Å². The second kappa shape index (κ2) is 5.84. The van der Waals surface area contributed by atoms with Crippen LogP contribution in [-0.4, -0.2) is 6.61 Å². The predicted octanol–water partition coefficient (Wildman–Crippen LogP) is -2.14. The Morgan fingerprint density at radius 1 is 1.30 bits per heavy atom. The summed E-state index contributed by atoms with van der Waals surface area (Å²) in [5, 5.41) is 0. The predicted molar refractivity (Wildman–Crippen MR) is 25.9 cm³/mol. The molecule has 0 saturated heterocycles. The van der Waals surface area contributed by atoms with Crippen molar-refractivity contribution in [3.05, 3.63) is 0 Å². The maximum Gasteiger partial charge on any atom is 0.203 e. The summed E-state index contributed by atoms with van der Waals surface area (Å²) in [7, 11) is -4.20. The summed E-state index contributed by atoms with van der Waals surface area (Å²) in [5.74, 6) is 0. The summed E-state index contributed by atoms with van der Waals surface area (Å²) >= 11 is 0. The van der Waals surface area contributed by atoms with Crippen molar-refractivity contribution in [2.75, 3.05) is 6.61 Å². The first-order valence-corrected chi connectivity index (χ1v) is 3.85. The van der Waals surface area contributed by atoms with Gasteiger partial charge in [0.1, 0.15) is 0 Å². The lowest BCUT2D eigenvalue weighted by atomic mass is 10.4. The van der Waals surface area contributed by atoms with Crippen LogP contribution in [0.2, 0.25) is 0 Å². The zero-order chi connectivity index (χ0) is 7.33. The van der Waals surface area contributed by atoms with Gasteiger partial charge in [0, 0.05) is 0 Å². The topological polar surface area (TPSA) is 113 Å². The van der Waals surface area contributed by atoms with E-state index in [0.717, 1.165) is 6.42 Å². The van der Waals surface area contributed by atoms with Gasteiger partial charge >= 0.3 is 0 Å². The Balaban J connectivity index is 0. The van der Waals surface area contributed by atoms with Crippen LogP contribution < -0.4 is 20.1 Å². The number of unbranched alkanes of at least 4 members (excludes halogenated alkanes) is 1. The summed E-state index contributed by atoms with van der Waals surface area (Å²) in [4.78, 5) is 0.